The lowest BCUT2D eigenvalue weighted by Crippen LogP contribution is -2.27. The van der Waals surface area contributed by atoms with E-state index in [2.05, 4.69) is 0 Å². The third-order valence-corrected chi connectivity index (χ3v) is 3.27. The summed E-state index contributed by atoms with van der Waals surface area (Å²) in [6, 6.07) is 10.0. The molecule has 2 heteroatoms. The van der Waals surface area contributed by atoms with Crippen LogP contribution in [0.1, 0.15) is 31.2 Å². The van der Waals surface area contributed by atoms with Gasteiger partial charge in [0.2, 0.25) is 0 Å². The fraction of sp³-hybridized carbons (Fsp3) is 0.400. The van der Waals surface area contributed by atoms with Crippen LogP contribution >= 0.6 is 0 Å². The number of Topliss-reactive ketones (excluding diaryl/α,β-unsaturated/α-hetero) is 1. The number of carbonyl (C=O) groups is 1. The molecule has 2 rings (SSSR count). The predicted molar refractivity (Wildman–Crippen MR) is 68.4 cm³/mol. The van der Waals surface area contributed by atoms with E-state index >= 15 is 0 Å². The summed E-state index contributed by atoms with van der Waals surface area (Å²) >= 11 is 0. The Bertz CT molecular complexity index is 395. The molecule has 2 unspecified atom stereocenters. The summed E-state index contributed by atoms with van der Waals surface area (Å²) in [7, 11) is 0. The summed E-state index contributed by atoms with van der Waals surface area (Å²) < 4.78 is 0. The topological polar surface area (TPSA) is 37.3 Å². The number of carbonyl (C=O) groups excluding carboxylic acids is 1. The lowest BCUT2D eigenvalue weighted by atomic mass is 9.84. The van der Waals surface area contributed by atoms with Crippen molar-refractivity contribution in [3.63, 3.8) is 0 Å². The molecule has 0 aliphatic heterocycles. The van der Waals surface area contributed by atoms with Crippen LogP contribution in [0.15, 0.2) is 36.4 Å². The first-order chi connectivity index (χ1) is 8.25. The van der Waals surface area contributed by atoms with Gasteiger partial charge in [0.25, 0.3) is 0 Å². The van der Waals surface area contributed by atoms with Crippen molar-refractivity contribution >= 4 is 11.9 Å². The third-order valence-electron chi connectivity index (χ3n) is 3.27. The minimum Gasteiger partial charge on any atom is -0.393 e. The fourth-order valence-electron chi connectivity index (χ4n) is 2.25. The van der Waals surface area contributed by atoms with Gasteiger partial charge in [-0.1, -0.05) is 42.5 Å². The Labute approximate surface area is 102 Å². The highest BCUT2D eigenvalue weighted by atomic mass is 16.3. The van der Waals surface area contributed by atoms with Crippen molar-refractivity contribution in [3.8, 4) is 0 Å². The van der Waals surface area contributed by atoms with Crippen LogP contribution in [0.2, 0.25) is 0 Å². The van der Waals surface area contributed by atoms with Crippen molar-refractivity contribution in [2.75, 3.05) is 0 Å². The van der Waals surface area contributed by atoms with E-state index < -0.39 is 0 Å². The summed E-state index contributed by atoms with van der Waals surface area (Å²) in [6.07, 6.45) is 6.32. The van der Waals surface area contributed by atoms with E-state index in [4.69, 9.17) is 0 Å². The Kier molecular flexibility index (Phi) is 4.10. The fourth-order valence-corrected chi connectivity index (χ4v) is 2.25. The first-order valence-corrected chi connectivity index (χ1v) is 6.18. The van der Waals surface area contributed by atoms with Gasteiger partial charge in [-0.3, -0.25) is 4.79 Å². The Balaban J connectivity index is 1.89. The second-order valence-corrected chi connectivity index (χ2v) is 4.64. The van der Waals surface area contributed by atoms with Gasteiger partial charge in [-0.25, -0.2) is 0 Å². The van der Waals surface area contributed by atoms with Crippen molar-refractivity contribution < 1.29 is 9.90 Å². The van der Waals surface area contributed by atoms with E-state index in [0.717, 1.165) is 12.0 Å². The average Bonchev–Trinajstić information content (AvgIpc) is 2.35. The quantitative estimate of drug-likeness (QED) is 0.867. The summed E-state index contributed by atoms with van der Waals surface area (Å²) in [5.74, 6) is 0.312. The minimum atomic E-state index is -0.289. The number of aliphatic hydroxyl groups is 1. The van der Waals surface area contributed by atoms with Crippen LogP contribution in [0.3, 0.4) is 0 Å². The number of hydrogen-bond donors (Lipinski definition) is 1. The molecule has 2 nitrogen and oxygen atoms in total. The van der Waals surface area contributed by atoms with Crippen LogP contribution in [0, 0.1) is 5.92 Å². The second-order valence-electron chi connectivity index (χ2n) is 4.64. The number of aliphatic hydroxyl groups excluding tert-OH is 1. The van der Waals surface area contributed by atoms with E-state index in [9.17, 15) is 9.90 Å². The molecule has 1 aliphatic rings. The number of benzene rings is 1. The lowest BCUT2D eigenvalue weighted by Gasteiger charge is -2.23. The predicted octanol–water partition coefficient (Wildman–Crippen LogP) is 2.82. The smallest absolute Gasteiger partial charge is 0.136 e. The average molecular weight is 230 g/mol. The van der Waals surface area contributed by atoms with Gasteiger partial charge in [-0.05, 0) is 24.8 Å². The molecule has 0 saturated heterocycles. The Morgan fingerprint density at radius 2 is 2.06 bits per heavy atom. The van der Waals surface area contributed by atoms with Crippen molar-refractivity contribution in [1.82, 2.24) is 0 Å². The molecule has 1 N–H and O–H groups in total. The van der Waals surface area contributed by atoms with E-state index in [1.807, 2.05) is 42.5 Å². The largest absolute Gasteiger partial charge is 0.393 e. The Morgan fingerprint density at radius 1 is 1.29 bits per heavy atom. The Morgan fingerprint density at radius 3 is 2.82 bits per heavy atom. The molecule has 0 aromatic heterocycles. The molecule has 1 aromatic rings. The molecular weight excluding hydrogens is 212 g/mol. The maximum absolute atomic E-state index is 11.6. The molecule has 0 heterocycles. The van der Waals surface area contributed by atoms with Crippen LogP contribution in [0.4, 0.5) is 0 Å². The van der Waals surface area contributed by atoms with Crippen molar-refractivity contribution in [2.45, 2.75) is 31.8 Å². The molecule has 1 aliphatic carbocycles. The highest BCUT2D eigenvalue weighted by molar-refractivity contribution is 5.82. The zero-order valence-electron chi connectivity index (χ0n) is 9.88. The van der Waals surface area contributed by atoms with E-state index in [0.29, 0.717) is 25.0 Å². The molecular formula is C15H18O2. The van der Waals surface area contributed by atoms with Gasteiger partial charge in [0.1, 0.15) is 5.78 Å². The second kappa shape index (κ2) is 5.78. The van der Waals surface area contributed by atoms with Crippen LogP contribution in [0.5, 0.6) is 0 Å². The zero-order valence-corrected chi connectivity index (χ0v) is 9.88. The van der Waals surface area contributed by atoms with Gasteiger partial charge in [0, 0.05) is 12.3 Å². The molecule has 1 aromatic carbocycles. The molecule has 0 spiro atoms. The minimum absolute atomic E-state index is 0.0127. The van der Waals surface area contributed by atoms with Crippen LogP contribution in [-0.2, 0) is 4.79 Å². The molecule has 0 radical (unpaired) electrons. The molecule has 2 atom stereocenters. The maximum Gasteiger partial charge on any atom is 0.136 e. The zero-order chi connectivity index (χ0) is 12.1. The summed E-state index contributed by atoms with van der Waals surface area (Å²) in [4.78, 5) is 11.6. The standard InChI is InChI=1S/C15H18O2/c16-14-9-10-15(17)13(11-14)8-4-7-12-5-2-1-3-6-12/h1-7,13-14,16H,8-11H2/b7-4+. The first kappa shape index (κ1) is 12.1. The van der Waals surface area contributed by atoms with E-state index in [1.54, 1.807) is 0 Å². The van der Waals surface area contributed by atoms with Gasteiger partial charge >= 0.3 is 0 Å². The molecule has 1 saturated carbocycles. The molecule has 90 valence electrons. The van der Waals surface area contributed by atoms with Gasteiger partial charge in [-0.15, -0.1) is 0 Å². The van der Waals surface area contributed by atoms with E-state index in [-0.39, 0.29) is 12.0 Å². The third kappa shape index (κ3) is 3.53. The number of ketones is 1. The molecule has 0 bridgehead atoms. The van der Waals surface area contributed by atoms with Crippen LogP contribution in [0.25, 0.3) is 6.08 Å². The van der Waals surface area contributed by atoms with Gasteiger partial charge < -0.3 is 5.11 Å². The van der Waals surface area contributed by atoms with Crippen molar-refractivity contribution in [1.29, 1.82) is 0 Å². The Hall–Kier alpha value is -1.41. The van der Waals surface area contributed by atoms with E-state index in [1.165, 1.54) is 0 Å². The summed E-state index contributed by atoms with van der Waals surface area (Å²) in [5.41, 5.74) is 1.15. The van der Waals surface area contributed by atoms with Gasteiger partial charge in [0.15, 0.2) is 0 Å². The normalized spacial score (nSPS) is 25.4. The molecule has 17 heavy (non-hydrogen) atoms. The first-order valence-electron chi connectivity index (χ1n) is 6.18. The molecule has 0 amide bonds. The SMILES string of the molecule is O=C1CCC(O)CC1C/C=C/c1ccccc1. The monoisotopic (exact) mass is 230 g/mol. The van der Waals surface area contributed by atoms with Crippen LogP contribution < -0.4 is 0 Å². The maximum atomic E-state index is 11.6. The highest BCUT2D eigenvalue weighted by Gasteiger charge is 2.26. The summed E-state index contributed by atoms with van der Waals surface area (Å²) in [5, 5.41) is 9.54. The number of allylic oxidation sites excluding steroid dienone is 1. The van der Waals surface area contributed by atoms with Crippen LogP contribution in [-0.4, -0.2) is 17.0 Å². The van der Waals surface area contributed by atoms with Gasteiger partial charge in [-0.2, -0.15) is 0 Å². The van der Waals surface area contributed by atoms with Gasteiger partial charge in [0.05, 0.1) is 6.10 Å². The highest BCUT2D eigenvalue weighted by Crippen LogP contribution is 2.24. The summed E-state index contributed by atoms with van der Waals surface area (Å²) in [6.45, 7) is 0. The van der Waals surface area contributed by atoms with Crippen molar-refractivity contribution in [3.05, 3.63) is 42.0 Å². The number of hydrogen-bond acceptors (Lipinski definition) is 2. The molecule has 1 fully saturated rings. The number of rotatable bonds is 3. The van der Waals surface area contributed by atoms with Crippen molar-refractivity contribution in [2.24, 2.45) is 5.92 Å². The lowest BCUT2D eigenvalue weighted by molar-refractivity contribution is -0.126.